The van der Waals surface area contributed by atoms with Crippen LogP contribution in [0.3, 0.4) is 0 Å². The van der Waals surface area contributed by atoms with E-state index in [1.54, 1.807) is 19.5 Å². The molecule has 0 bridgehead atoms. The number of methoxy groups -OCH3 is 1. The van der Waals surface area contributed by atoms with Gasteiger partial charge in [0, 0.05) is 25.5 Å². The van der Waals surface area contributed by atoms with Crippen LogP contribution in [-0.4, -0.2) is 31.2 Å². The lowest BCUT2D eigenvalue weighted by atomic mass is 10.3. The van der Waals surface area contributed by atoms with Crippen molar-refractivity contribution >= 4 is 11.5 Å². The molecular formula is C14H18N4O. The van der Waals surface area contributed by atoms with Crippen LogP contribution < -0.4 is 15.0 Å². The van der Waals surface area contributed by atoms with Gasteiger partial charge in [-0.3, -0.25) is 4.98 Å². The summed E-state index contributed by atoms with van der Waals surface area (Å²) in [4.78, 5) is 10.8. The van der Waals surface area contributed by atoms with Crippen molar-refractivity contribution < 1.29 is 4.74 Å². The predicted octanol–water partition coefficient (Wildman–Crippen LogP) is 1.97. The van der Waals surface area contributed by atoms with Gasteiger partial charge in [0.25, 0.3) is 0 Å². The molecule has 1 heterocycles. The van der Waals surface area contributed by atoms with Crippen molar-refractivity contribution in [3.8, 4) is 5.75 Å². The molecule has 1 N–H and O–H groups in total. The molecule has 2 aromatic rings. The first-order chi connectivity index (χ1) is 9.24. The van der Waals surface area contributed by atoms with Gasteiger partial charge < -0.3 is 15.0 Å². The third kappa shape index (κ3) is 3.20. The van der Waals surface area contributed by atoms with Gasteiger partial charge in [-0.15, -0.1) is 0 Å². The van der Waals surface area contributed by atoms with E-state index < -0.39 is 0 Å². The summed E-state index contributed by atoms with van der Waals surface area (Å²) in [6.07, 6.45) is 3.52. The van der Waals surface area contributed by atoms with Crippen molar-refractivity contribution in [1.82, 2.24) is 15.3 Å². The van der Waals surface area contributed by atoms with Crippen molar-refractivity contribution in [2.24, 2.45) is 0 Å². The van der Waals surface area contributed by atoms with E-state index in [0.29, 0.717) is 6.54 Å². The molecule has 0 aliphatic heterocycles. The number of anilines is 2. The Morgan fingerprint density at radius 2 is 1.95 bits per heavy atom. The SMILES string of the molecule is CNCc1cncc(N(C)c2ccc(OC)cc2)n1. The van der Waals surface area contributed by atoms with Crippen molar-refractivity contribution in [3.05, 3.63) is 42.4 Å². The van der Waals surface area contributed by atoms with Gasteiger partial charge in [-0.2, -0.15) is 0 Å². The highest BCUT2D eigenvalue weighted by Crippen LogP contribution is 2.23. The molecule has 0 saturated heterocycles. The second-order valence-corrected chi connectivity index (χ2v) is 4.16. The highest BCUT2D eigenvalue weighted by atomic mass is 16.5. The summed E-state index contributed by atoms with van der Waals surface area (Å²) in [6, 6.07) is 7.84. The second-order valence-electron chi connectivity index (χ2n) is 4.16. The van der Waals surface area contributed by atoms with E-state index in [9.17, 15) is 0 Å². The molecule has 0 aliphatic carbocycles. The number of benzene rings is 1. The molecule has 1 aromatic carbocycles. The van der Waals surface area contributed by atoms with Crippen LogP contribution in [0.25, 0.3) is 0 Å². The highest BCUT2D eigenvalue weighted by molar-refractivity contribution is 5.59. The number of nitrogens with zero attached hydrogens (tertiary/aromatic N) is 3. The molecule has 1 aromatic heterocycles. The maximum atomic E-state index is 5.15. The van der Waals surface area contributed by atoms with Gasteiger partial charge in [0.2, 0.25) is 0 Å². The maximum Gasteiger partial charge on any atom is 0.151 e. The van der Waals surface area contributed by atoms with Crippen molar-refractivity contribution in [2.75, 3.05) is 26.1 Å². The minimum atomic E-state index is 0.706. The van der Waals surface area contributed by atoms with E-state index in [1.165, 1.54) is 0 Å². The van der Waals surface area contributed by atoms with Gasteiger partial charge in [0.05, 0.1) is 19.0 Å². The van der Waals surface area contributed by atoms with E-state index in [2.05, 4.69) is 15.3 Å². The fourth-order valence-corrected chi connectivity index (χ4v) is 1.76. The Morgan fingerprint density at radius 3 is 2.58 bits per heavy atom. The molecule has 0 spiro atoms. The molecule has 0 aliphatic rings. The Bertz CT molecular complexity index is 527. The molecule has 0 saturated carbocycles. The van der Waals surface area contributed by atoms with E-state index >= 15 is 0 Å². The average molecular weight is 258 g/mol. The van der Waals surface area contributed by atoms with E-state index in [-0.39, 0.29) is 0 Å². The number of nitrogens with one attached hydrogen (secondary N) is 1. The highest BCUT2D eigenvalue weighted by Gasteiger charge is 2.07. The summed E-state index contributed by atoms with van der Waals surface area (Å²) in [5.41, 5.74) is 1.96. The molecule has 5 nitrogen and oxygen atoms in total. The van der Waals surface area contributed by atoms with Crippen LogP contribution >= 0.6 is 0 Å². The average Bonchev–Trinajstić information content (AvgIpc) is 2.47. The maximum absolute atomic E-state index is 5.15. The summed E-state index contributed by atoms with van der Waals surface area (Å²) in [5, 5.41) is 3.07. The molecule has 0 atom stereocenters. The van der Waals surface area contributed by atoms with Crippen molar-refractivity contribution in [2.45, 2.75) is 6.54 Å². The van der Waals surface area contributed by atoms with Crippen LogP contribution in [-0.2, 0) is 6.54 Å². The molecule has 0 unspecified atom stereocenters. The van der Waals surface area contributed by atoms with Crippen LogP contribution in [0.15, 0.2) is 36.7 Å². The molecule has 100 valence electrons. The Kier molecular flexibility index (Phi) is 4.30. The molecule has 19 heavy (non-hydrogen) atoms. The summed E-state index contributed by atoms with van der Waals surface area (Å²) >= 11 is 0. The van der Waals surface area contributed by atoms with Gasteiger partial charge in [0.15, 0.2) is 5.82 Å². The molecule has 0 amide bonds. The zero-order valence-electron chi connectivity index (χ0n) is 11.4. The van der Waals surface area contributed by atoms with Crippen LogP contribution in [0.5, 0.6) is 5.75 Å². The fourth-order valence-electron chi connectivity index (χ4n) is 1.76. The fraction of sp³-hybridized carbons (Fsp3) is 0.286. The first-order valence-corrected chi connectivity index (χ1v) is 6.08. The minimum absolute atomic E-state index is 0.706. The Labute approximate surface area is 113 Å². The summed E-state index contributed by atoms with van der Waals surface area (Å²) in [7, 11) is 5.52. The lowest BCUT2D eigenvalue weighted by Crippen LogP contribution is -2.14. The Hall–Kier alpha value is -2.14. The smallest absolute Gasteiger partial charge is 0.151 e. The minimum Gasteiger partial charge on any atom is -0.497 e. The topological polar surface area (TPSA) is 50.3 Å². The lowest BCUT2D eigenvalue weighted by molar-refractivity contribution is 0.415. The molecule has 0 fully saturated rings. The lowest BCUT2D eigenvalue weighted by Gasteiger charge is -2.18. The van der Waals surface area contributed by atoms with Crippen LogP contribution in [0.1, 0.15) is 5.69 Å². The summed E-state index contributed by atoms with van der Waals surface area (Å²) in [6.45, 7) is 0.706. The Balaban J connectivity index is 2.22. The van der Waals surface area contributed by atoms with Crippen molar-refractivity contribution in [3.63, 3.8) is 0 Å². The number of hydrogen-bond acceptors (Lipinski definition) is 5. The van der Waals surface area contributed by atoms with E-state index in [4.69, 9.17) is 4.74 Å². The van der Waals surface area contributed by atoms with Gasteiger partial charge >= 0.3 is 0 Å². The number of rotatable bonds is 5. The van der Waals surface area contributed by atoms with Crippen LogP contribution in [0, 0.1) is 0 Å². The summed E-state index contributed by atoms with van der Waals surface area (Å²) in [5.74, 6) is 1.66. The standard InChI is InChI=1S/C14H18N4O/c1-15-8-11-9-16-10-14(17-11)18(2)12-4-6-13(19-3)7-5-12/h4-7,9-10,15H,8H2,1-3H3. The first-order valence-electron chi connectivity index (χ1n) is 6.08. The number of aromatic nitrogens is 2. The zero-order chi connectivity index (χ0) is 13.7. The predicted molar refractivity (Wildman–Crippen MR) is 75.9 cm³/mol. The monoisotopic (exact) mass is 258 g/mol. The zero-order valence-corrected chi connectivity index (χ0v) is 11.4. The number of hydrogen-bond donors (Lipinski definition) is 1. The van der Waals surface area contributed by atoms with E-state index in [0.717, 1.165) is 22.9 Å². The number of ether oxygens (including phenoxy) is 1. The third-order valence-electron chi connectivity index (χ3n) is 2.83. The molecule has 5 heteroatoms. The van der Waals surface area contributed by atoms with Gasteiger partial charge in [-0.25, -0.2) is 4.98 Å². The van der Waals surface area contributed by atoms with Gasteiger partial charge in [0.1, 0.15) is 5.75 Å². The first kappa shape index (κ1) is 13.3. The molecular weight excluding hydrogens is 240 g/mol. The van der Waals surface area contributed by atoms with Crippen molar-refractivity contribution in [1.29, 1.82) is 0 Å². The molecule has 2 rings (SSSR count). The third-order valence-corrected chi connectivity index (χ3v) is 2.83. The second kappa shape index (κ2) is 6.15. The van der Waals surface area contributed by atoms with Gasteiger partial charge in [-0.1, -0.05) is 0 Å². The largest absolute Gasteiger partial charge is 0.497 e. The Morgan fingerprint density at radius 1 is 1.21 bits per heavy atom. The van der Waals surface area contributed by atoms with E-state index in [1.807, 2.05) is 43.3 Å². The van der Waals surface area contributed by atoms with Crippen LogP contribution in [0.4, 0.5) is 11.5 Å². The van der Waals surface area contributed by atoms with Crippen LogP contribution in [0.2, 0.25) is 0 Å². The van der Waals surface area contributed by atoms with Gasteiger partial charge in [-0.05, 0) is 31.3 Å². The molecule has 0 radical (unpaired) electrons. The summed E-state index contributed by atoms with van der Waals surface area (Å²) < 4.78 is 5.15. The normalized spacial score (nSPS) is 10.3. The quantitative estimate of drug-likeness (QED) is 0.888.